The summed E-state index contributed by atoms with van der Waals surface area (Å²) in [7, 11) is 0. The van der Waals surface area contributed by atoms with Gasteiger partial charge in [-0.25, -0.2) is 0 Å². The van der Waals surface area contributed by atoms with Crippen molar-refractivity contribution in [1.82, 2.24) is 0 Å². The molecule has 0 bridgehead atoms. The Morgan fingerprint density at radius 1 is 0.889 bits per heavy atom. The molecule has 0 aromatic heterocycles. The highest BCUT2D eigenvalue weighted by atomic mass is 16.3. The van der Waals surface area contributed by atoms with Crippen molar-refractivity contribution < 1.29 is 15.3 Å². The van der Waals surface area contributed by atoms with Crippen molar-refractivity contribution in [3.63, 3.8) is 0 Å². The summed E-state index contributed by atoms with van der Waals surface area (Å²) in [6.07, 6.45) is 1.43. The van der Waals surface area contributed by atoms with E-state index in [4.69, 9.17) is 0 Å². The first-order valence-corrected chi connectivity index (χ1v) is 5.42. The Labute approximate surface area is 104 Å². The van der Waals surface area contributed by atoms with Crippen molar-refractivity contribution in [2.45, 2.75) is 6.92 Å². The van der Waals surface area contributed by atoms with E-state index >= 15 is 0 Å². The number of rotatable bonds is 2. The highest BCUT2D eigenvalue weighted by molar-refractivity contribution is 5.87. The van der Waals surface area contributed by atoms with Crippen molar-refractivity contribution >= 4 is 11.9 Å². The number of aryl methyl sites for hydroxylation is 1. The molecule has 2 aromatic carbocycles. The fourth-order valence-corrected chi connectivity index (χ4v) is 1.46. The minimum atomic E-state index is -0.539. The van der Waals surface area contributed by atoms with Gasteiger partial charge in [0.15, 0.2) is 11.5 Å². The molecule has 0 aliphatic heterocycles. The van der Waals surface area contributed by atoms with Crippen molar-refractivity contribution in [2.75, 3.05) is 0 Å². The van der Waals surface area contributed by atoms with Gasteiger partial charge in [-0.15, -0.1) is 0 Å². The molecule has 0 saturated heterocycles. The van der Waals surface area contributed by atoms with Gasteiger partial charge in [-0.05, 0) is 31.2 Å². The van der Waals surface area contributed by atoms with Crippen molar-refractivity contribution in [1.29, 1.82) is 0 Å². The summed E-state index contributed by atoms with van der Waals surface area (Å²) >= 11 is 0. The fourth-order valence-electron chi connectivity index (χ4n) is 1.46. The molecule has 4 nitrogen and oxygen atoms in total. The molecule has 0 fully saturated rings. The number of benzene rings is 2. The first-order chi connectivity index (χ1) is 8.58. The maximum absolute atomic E-state index is 9.60. The Kier molecular flexibility index (Phi) is 3.19. The molecule has 0 amide bonds. The molecular weight excluding hydrogens is 230 g/mol. The van der Waals surface area contributed by atoms with Crippen LogP contribution in [0.1, 0.15) is 11.1 Å². The van der Waals surface area contributed by atoms with Gasteiger partial charge in [-0.2, -0.15) is 0 Å². The topological polar surface area (TPSA) is 73.1 Å². The molecule has 92 valence electrons. The van der Waals surface area contributed by atoms with Crippen LogP contribution in [0, 0.1) is 6.92 Å². The predicted octanol–water partition coefficient (Wildman–Crippen LogP) is 2.86. The fraction of sp³-hybridized carbons (Fsp3) is 0.0714. The van der Waals surface area contributed by atoms with Crippen molar-refractivity contribution in [3.05, 3.63) is 47.5 Å². The molecular formula is C14H13NO3. The summed E-state index contributed by atoms with van der Waals surface area (Å²) in [5.41, 5.74) is 2.22. The lowest BCUT2D eigenvalue weighted by Crippen LogP contribution is -1.83. The smallest absolute Gasteiger partial charge is 0.200 e. The molecule has 0 saturated carbocycles. The molecule has 0 atom stereocenters. The molecule has 0 aliphatic rings. The van der Waals surface area contributed by atoms with Crippen LogP contribution in [-0.2, 0) is 0 Å². The van der Waals surface area contributed by atoms with Crippen molar-refractivity contribution in [3.8, 4) is 17.2 Å². The second-order valence-electron chi connectivity index (χ2n) is 3.96. The summed E-state index contributed by atoms with van der Waals surface area (Å²) in [4.78, 5) is 4.17. The van der Waals surface area contributed by atoms with Gasteiger partial charge < -0.3 is 15.3 Å². The second kappa shape index (κ2) is 4.79. The Morgan fingerprint density at radius 3 is 2.22 bits per heavy atom. The monoisotopic (exact) mass is 243 g/mol. The van der Waals surface area contributed by atoms with Crippen LogP contribution in [0.15, 0.2) is 41.4 Å². The van der Waals surface area contributed by atoms with Crippen LogP contribution >= 0.6 is 0 Å². The van der Waals surface area contributed by atoms with Gasteiger partial charge in [0.2, 0.25) is 5.75 Å². The third-order valence-electron chi connectivity index (χ3n) is 2.55. The summed E-state index contributed by atoms with van der Waals surface area (Å²) in [5, 5.41) is 28.1. The predicted molar refractivity (Wildman–Crippen MR) is 69.9 cm³/mol. The minimum Gasteiger partial charge on any atom is -0.504 e. The number of aliphatic imine (C=N–C) groups is 1. The SMILES string of the molecule is Cc1ccc(N=Cc2ccc(O)c(O)c2O)cc1. The third-order valence-corrected chi connectivity index (χ3v) is 2.55. The van der Waals surface area contributed by atoms with Crippen LogP contribution in [0.4, 0.5) is 5.69 Å². The molecule has 0 radical (unpaired) electrons. The lowest BCUT2D eigenvalue weighted by atomic mass is 10.2. The Hall–Kier alpha value is -2.49. The number of nitrogens with zero attached hydrogens (tertiary/aromatic N) is 1. The normalized spacial score (nSPS) is 10.9. The number of phenolic OH excluding ortho intramolecular Hbond substituents is 3. The van der Waals surface area contributed by atoms with E-state index in [2.05, 4.69) is 4.99 Å². The Balaban J connectivity index is 2.29. The molecule has 0 heterocycles. The molecule has 0 unspecified atom stereocenters. The molecule has 0 spiro atoms. The molecule has 2 aromatic rings. The average molecular weight is 243 g/mol. The average Bonchev–Trinajstić information content (AvgIpc) is 2.37. The molecule has 2 rings (SSSR count). The zero-order valence-electron chi connectivity index (χ0n) is 9.83. The lowest BCUT2D eigenvalue weighted by molar-refractivity contribution is 0.367. The van der Waals surface area contributed by atoms with E-state index in [9.17, 15) is 15.3 Å². The highest BCUT2D eigenvalue weighted by Crippen LogP contribution is 2.36. The Morgan fingerprint density at radius 2 is 1.56 bits per heavy atom. The van der Waals surface area contributed by atoms with E-state index in [0.29, 0.717) is 5.56 Å². The van der Waals surface area contributed by atoms with E-state index in [1.807, 2.05) is 31.2 Å². The van der Waals surface area contributed by atoms with Crippen LogP contribution in [-0.4, -0.2) is 21.5 Å². The summed E-state index contributed by atoms with van der Waals surface area (Å²) in [6, 6.07) is 10.3. The first-order valence-electron chi connectivity index (χ1n) is 5.42. The lowest BCUT2D eigenvalue weighted by Gasteiger charge is -2.03. The van der Waals surface area contributed by atoms with Gasteiger partial charge in [0, 0.05) is 11.8 Å². The van der Waals surface area contributed by atoms with E-state index in [0.717, 1.165) is 11.3 Å². The number of phenols is 3. The van der Waals surface area contributed by atoms with Gasteiger partial charge in [0.1, 0.15) is 0 Å². The quantitative estimate of drug-likeness (QED) is 0.561. The highest BCUT2D eigenvalue weighted by Gasteiger charge is 2.08. The van der Waals surface area contributed by atoms with Crippen molar-refractivity contribution in [2.24, 2.45) is 4.99 Å². The maximum Gasteiger partial charge on any atom is 0.200 e. The van der Waals surface area contributed by atoms with E-state index in [-0.39, 0.29) is 11.5 Å². The van der Waals surface area contributed by atoms with Crippen LogP contribution < -0.4 is 0 Å². The zero-order chi connectivity index (χ0) is 13.1. The summed E-state index contributed by atoms with van der Waals surface area (Å²) in [5.74, 6) is -1.28. The standard InChI is InChI=1S/C14H13NO3/c1-9-2-5-11(6-3-9)15-8-10-4-7-12(16)14(18)13(10)17/h2-8,16-18H,1H3. The first kappa shape index (κ1) is 12.0. The van der Waals surface area contributed by atoms with Gasteiger partial charge in [0.25, 0.3) is 0 Å². The number of aromatic hydroxyl groups is 3. The van der Waals surface area contributed by atoms with Crippen LogP contribution in [0.25, 0.3) is 0 Å². The minimum absolute atomic E-state index is 0.339. The largest absolute Gasteiger partial charge is 0.504 e. The molecule has 0 aliphatic carbocycles. The number of hydrogen-bond acceptors (Lipinski definition) is 4. The third kappa shape index (κ3) is 2.43. The van der Waals surface area contributed by atoms with Gasteiger partial charge in [0.05, 0.1) is 5.69 Å². The zero-order valence-corrected chi connectivity index (χ0v) is 9.83. The summed E-state index contributed by atoms with van der Waals surface area (Å²) in [6.45, 7) is 1.98. The van der Waals surface area contributed by atoms with Crippen LogP contribution in [0.3, 0.4) is 0 Å². The van der Waals surface area contributed by atoms with E-state index in [1.54, 1.807) is 0 Å². The summed E-state index contributed by atoms with van der Waals surface area (Å²) < 4.78 is 0. The van der Waals surface area contributed by atoms with Crippen LogP contribution in [0.2, 0.25) is 0 Å². The van der Waals surface area contributed by atoms with Gasteiger partial charge in [-0.3, -0.25) is 4.99 Å². The molecule has 18 heavy (non-hydrogen) atoms. The molecule has 3 N–H and O–H groups in total. The van der Waals surface area contributed by atoms with E-state index in [1.165, 1.54) is 18.3 Å². The maximum atomic E-state index is 9.60. The Bertz CT molecular complexity index is 589. The van der Waals surface area contributed by atoms with Gasteiger partial charge in [-0.1, -0.05) is 17.7 Å². The van der Waals surface area contributed by atoms with Gasteiger partial charge >= 0.3 is 0 Å². The van der Waals surface area contributed by atoms with E-state index < -0.39 is 5.75 Å². The number of hydrogen-bond donors (Lipinski definition) is 3. The van der Waals surface area contributed by atoms with Crippen LogP contribution in [0.5, 0.6) is 17.2 Å². The molecule has 4 heteroatoms. The second-order valence-corrected chi connectivity index (χ2v) is 3.96.